The molecular weight excluding hydrogens is 340 g/mol. The van der Waals surface area contributed by atoms with Crippen LogP contribution in [0.1, 0.15) is 21.3 Å². The van der Waals surface area contributed by atoms with Gasteiger partial charge in [-0.3, -0.25) is 9.59 Å². The van der Waals surface area contributed by atoms with Crippen LogP contribution in [0, 0.1) is 18.4 Å². The second-order valence-electron chi connectivity index (χ2n) is 7.53. The first-order valence-electron chi connectivity index (χ1n) is 8.57. The van der Waals surface area contributed by atoms with E-state index in [1.807, 2.05) is 50.3 Å². The molecule has 4 atom stereocenters. The first-order chi connectivity index (χ1) is 12.4. The van der Waals surface area contributed by atoms with Gasteiger partial charge in [-0.2, -0.15) is 0 Å². The Balaban J connectivity index is 0.00000180. The van der Waals surface area contributed by atoms with E-state index in [9.17, 15) is 9.59 Å². The molecule has 3 aliphatic heterocycles. The summed E-state index contributed by atoms with van der Waals surface area (Å²) in [6.07, 6.45) is 3.81. The van der Waals surface area contributed by atoms with Gasteiger partial charge in [0, 0.05) is 0 Å². The third kappa shape index (κ3) is 1.96. The molecule has 2 fully saturated rings. The minimum Gasteiger partial charge on any atom is -0.359 e. The molecule has 2 aromatic carbocycles. The Hall–Kier alpha value is -2.97. The number of benzene rings is 2. The molecule has 0 saturated carbocycles. The minimum absolute atomic E-state index is 0. The standard InChI is InChI=1S/C21H16N2O3.CH4/c1-20-10-11-21(2,26-20)17-16(20)18(24)23(19(17)25)15-9-8-14(22-3)12-6-4-5-7-13(12)15;/h4-11,16-17H,1-2H3;1H4/t16-,17?,20?,21?;/m1./s1. The van der Waals surface area contributed by atoms with Crippen LogP contribution in [0.3, 0.4) is 0 Å². The molecule has 0 radical (unpaired) electrons. The van der Waals surface area contributed by atoms with Crippen LogP contribution >= 0.6 is 0 Å². The van der Waals surface area contributed by atoms with Gasteiger partial charge in [-0.15, -0.1) is 0 Å². The first-order valence-corrected chi connectivity index (χ1v) is 8.57. The molecule has 5 heteroatoms. The van der Waals surface area contributed by atoms with Gasteiger partial charge >= 0.3 is 0 Å². The molecule has 3 aliphatic rings. The summed E-state index contributed by atoms with van der Waals surface area (Å²) in [7, 11) is 0. The summed E-state index contributed by atoms with van der Waals surface area (Å²) in [4.78, 5) is 31.4. The van der Waals surface area contributed by atoms with Gasteiger partial charge in [0.1, 0.15) is 0 Å². The summed E-state index contributed by atoms with van der Waals surface area (Å²) in [5.41, 5.74) is -0.433. The smallest absolute Gasteiger partial charge is 0.241 e. The molecule has 2 saturated heterocycles. The molecule has 5 rings (SSSR count). The van der Waals surface area contributed by atoms with Crippen molar-refractivity contribution in [1.82, 2.24) is 0 Å². The van der Waals surface area contributed by atoms with Crippen LogP contribution in [-0.2, 0) is 14.3 Å². The molecule has 3 heterocycles. The van der Waals surface area contributed by atoms with Crippen molar-refractivity contribution in [2.45, 2.75) is 32.5 Å². The third-order valence-electron chi connectivity index (χ3n) is 5.97. The molecule has 2 bridgehead atoms. The lowest BCUT2D eigenvalue weighted by atomic mass is 9.73. The number of amides is 2. The summed E-state index contributed by atoms with van der Waals surface area (Å²) in [5, 5.41) is 1.48. The van der Waals surface area contributed by atoms with Crippen LogP contribution < -0.4 is 4.90 Å². The van der Waals surface area contributed by atoms with Gasteiger partial charge in [-0.1, -0.05) is 49.9 Å². The van der Waals surface area contributed by atoms with Crippen LogP contribution in [-0.4, -0.2) is 23.0 Å². The molecule has 5 nitrogen and oxygen atoms in total. The van der Waals surface area contributed by atoms with Crippen molar-refractivity contribution in [2.24, 2.45) is 11.8 Å². The predicted molar refractivity (Wildman–Crippen MR) is 103 cm³/mol. The minimum atomic E-state index is -0.743. The topological polar surface area (TPSA) is 51.0 Å². The zero-order valence-electron chi connectivity index (χ0n) is 14.4. The number of rotatable bonds is 1. The maximum atomic E-state index is 13.3. The second-order valence-corrected chi connectivity index (χ2v) is 7.53. The largest absolute Gasteiger partial charge is 0.359 e. The van der Waals surface area contributed by atoms with Crippen molar-refractivity contribution in [1.29, 1.82) is 0 Å². The Morgan fingerprint density at radius 2 is 1.52 bits per heavy atom. The van der Waals surface area contributed by atoms with E-state index in [1.165, 1.54) is 4.90 Å². The maximum Gasteiger partial charge on any atom is 0.241 e. The zero-order valence-corrected chi connectivity index (χ0v) is 14.4. The lowest BCUT2D eigenvalue weighted by Crippen LogP contribution is -2.39. The van der Waals surface area contributed by atoms with Crippen molar-refractivity contribution in [3.8, 4) is 0 Å². The third-order valence-corrected chi connectivity index (χ3v) is 5.97. The highest BCUT2D eigenvalue weighted by atomic mass is 16.5. The Labute approximate surface area is 158 Å². The summed E-state index contributed by atoms with van der Waals surface area (Å²) < 4.78 is 6.04. The van der Waals surface area contributed by atoms with Crippen molar-refractivity contribution in [3.05, 3.63) is 60.0 Å². The summed E-state index contributed by atoms with van der Waals surface area (Å²) in [6.45, 7) is 11.1. The fraction of sp³-hybridized carbons (Fsp3) is 0.318. The molecule has 136 valence electrons. The van der Waals surface area contributed by atoms with Gasteiger partial charge < -0.3 is 4.74 Å². The van der Waals surface area contributed by atoms with E-state index in [0.717, 1.165) is 10.8 Å². The summed E-state index contributed by atoms with van der Waals surface area (Å²) in [6, 6.07) is 10.8. The first kappa shape index (κ1) is 17.4. The monoisotopic (exact) mass is 360 g/mol. The van der Waals surface area contributed by atoms with E-state index >= 15 is 0 Å². The molecule has 27 heavy (non-hydrogen) atoms. The number of hydrogen-bond donors (Lipinski definition) is 0. The van der Waals surface area contributed by atoms with Crippen LogP contribution in [0.15, 0.2) is 48.6 Å². The second kappa shape index (κ2) is 5.28. The fourth-order valence-corrected chi connectivity index (χ4v) is 4.83. The van der Waals surface area contributed by atoms with Gasteiger partial charge in [0.05, 0.1) is 35.3 Å². The van der Waals surface area contributed by atoms with Gasteiger partial charge in [-0.25, -0.2) is 9.74 Å². The van der Waals surface area contributed by atoms with Gasteiger partial charge in [-0.05, 0) is 30.7 Å². The number of carbonyl (C=O) groups is 2. The van der Waals surface area contributed by atoms with Crippen molar-refractivity contribution in [3.63, 3.8) is 0 Å². The average molecular weight is 360 g/mol. The molecule has 0 spiro atoms. The molecule has 0 aromatic heterocycles. The SMILES string of the molecule is C.[C-]#[N+]c1ccc(N2C(=O)C3[C@H](C2=O)C2(C)C=CC3(C)O2)c2ccccc12. The number of carbonyl (C=O) groups excluding carboxylic acids is 2. The highest BCUT2D eigenvalue weighted by Gasteiger charge is 2.70. The van der Waals surface area contributed by atoms with Crippen LogP contribution in [0.4, 0.5) is 11.4 Å². The highest BCUT2D eigenvalue weighted by molar-refractivity contribution is 6.26. The number of anilines is 1. The van der Waals surface area contributed by atoms with Crippen LogP contribution in [0.5, 0.6) is 0 Å². The van der Waals surface area contributed by atoms with Crippen molar-refractivity contribution < 1.29 is 14.3 Å². The van der Waals surface area contributed by atoms with Gasteiger partial charge in [0.25, 0.3) is 0 Å². The zero-order chi connectivity index (χ0) is 18.3. The highest BCUT2D eigenvalue weighted by Crippen LogP contribution is 2.57. The Bertz CT molecular complexity index is 1050. The lowest BCUT2D eigenvalue weighted by Gasteiger charge is -2.26. The lowest BCUT2D eigenvalue weighted by molar-refractivity contribution is -0.128. The van der Waals surface area contributed by atoms with E-state index in [2.05, 4.69) is 4.85 Å². The molecule has 2 aromatic rings. The Kier molecular flexibility index (Phi) is 3.41. The molecule has 2 amide bonds. The predicted octanol–water partition coefficient (Wildman–Crippen LogP) is 4.25. The van der Waals surface area contributed by atoms with Crippen molar-refractivity contribution in [2.75, 3.05) is 4.90 Å². The van der Waals surface area contributed by atoms with Crippen molar-refractivity contribution >= 4 is 34.0 Å². The van der Waals surface area contributed by atoms with Gasteiger partial charge in [0.2, 0.25) is 11.8 Å². The summed E-state index contributed by atoms with van der Waals surface area (Å²) in [5.74, 6) is -1.47. The van der Waals surface area contributed by atoms with Crippen LogP contribution in [0.2, 0.25) is 0 Å². The summed E-state index contributed by atoms with van der Waals surface area (Å²) >= 11 is 0. The Morgan fingerprint density at radius 1 is 0.963 bits per heavy atom. The number of ether oxygens (including phenoxy) is 1. The number of fused-ring (bicyclic) bond motifs is 6. The normalized spacial score (nSPS) is 33.3. The number of hydrogen-bond acceptors (Lipinski definition) is 3. The number of imide groups is 1. The average Bonchev–Trinajstić information content (AvgIpc) is 3.18. The fourth-order valence-electron chi connectivity index (χ4n) is 4.83. The quantitative estimate of drug-likeness (QED) is 0.434. The van der Waals surface area contributed by atoms with E-state index in [4.69, 9.17) is 11.3 Å². The molecule has 0 aliphatic carbocycles. The molecule has 0 N–H and O–H groups in total. The number of nitrogens with zero attached hydrogens (tertiary/aromatic N) is 2. The molecular formula is C22H20N2O3. The van der Waals surface area contributed by atoms with E-state index < -0.39 is 23.0 Å². The molecule has 3 unspecified atom stereocenters. The Morgan fingerprint density at radius 3 is 2.07 bits per heavy atom. The van der Waals surface area contributed by atoms with E-state index in [-0.39, 0.29) is 19.2 Å². The maximum absolute atomic E-state index is 13.3. The van der Waals surface area contributed by atoms with E-state index in [1.54, 1.807) is 12.1 Å². The van der Waals surface area contributed by atoms with E-state index in [0.29, 0.717) is 11.4 Å². The van der Waals surface area contributed by atoms with Gasteiger partial charge in [0.15, 0.2) is 5.69 Å². The van der Waals surface area contributed by atoms with Crippen LogP contribution in [0.25, 0.3) is 15.6 Å².